The maximum absolute atomic E-state index is 12.4. The molecule has 0 fully saturated rings. The van der Waals surface area contributed by atoms with Gasteiger partial charge in [-0.05, 0) is 37.1 Å². The number of carbonyl (C=O) groups excluding carboxylic acids is 1. The van der Waals surface area contributed by atoms with E-state index in [1.807, 2.05) is 56.4 Å². The molecule has 2 aromatic heterocycles. The first kappa shape index (κ1) is 19.8. The minimum Gasteiger partial charge on any atom is -0.461 e. The van der Waals surface area contributed by atoms with E-state index in [4.69, 9.17) is 21.4 Å². The predicted octanol–water partition coefficient (Wildman–Crippen LogP) is 3.72. The lowest BCUT2D eigenvalue weighted by Gasteiger charge is -2.08. The number of esters is 1. The van der Waals surface area contributed by atoms with E-state index in [1.165, 1.54) is 0 Å². The summed E-state index contributed by atoms with van der Waals surface area (Å²) >= 11 is 6.03. The lowest BCUT2D eigenvalue weighted by Crippen LogP contribution is -2.14. The van der Waals surface area contributed by atoms with Crippen LogP contribution < -0.4 is 0 Å². The summed E-state index contributed by atoms with van der Waals surface area (Å²) in [7, 11) is 3.79. The Kier molecular flexibility index (Phi) is 5.94. The van der Waals surface area contributed by atoms with Crippen LogP contribution in [0.15, 0.2) is 30.5 Å². The molecule has 0 bridgehead atoms. The van der Waals surface area contributed by atoms with E-state index in [9.17, 15) is 4.79 Å². The molecule has 0 saturated carbocycles. The molecular formula is C20H22ClN5O2. The number of nitrogens with zero attached hydrogens (tertiary/aromatic N) is 5. The molecule has 146 valence electrons. The number of aryl methyl sites for hydroxylation is 1. The Labute approximate surface area is 168 Å². The first-order valence-corrected chi connectivity index (χ1v) is 9.40. The SMILES string of the molecule is CCOC(=O)c1nnc2c(-c3ccc(Cl)cc3)c(CC)nn2c1C=CN(C)C. The van der Waals surface area contributed by atoms with Gasteiger partial charge in [-0.1, -0.05) is 30.7 Å². The fourth-order valence-corrected chi connectivity index (χ4v) is 2.96. The summed E-state index contributed by atoms with van der Waals surface area (Å²) in [4.78, 5) is 14.3. The van der Waals surface area contributed by atoms with Crippen molar-refractivity contribution < 1.29 is 9.53 Å². The molecular weight excluding hydrogens is 378 g/mol. The van der Waals surface area contributed by atoms with Gasteiger partial charge in [0.1, 0.15) is 5.69 Å². The smallest absolute Gasteiger partial charge is 0.361 e. The number of aromatic nitrogens is 4. The zero-order chi connectivity index (χ0) is 20.3. The fraction of sp³-hybridized carbons (Fsp3) is 0.300. The van der Waals surface area contributed by atoms with Gasteiger partial charge in [-0.25, -0.2) is 9.31 Å². The third-order valence-electron chi connectivity index (χ3n) is 4.12. The van der Waals surface area contributed by atoms with Crippen molar-refractivity contribution in [1.82, 2.24) is 24.7 Å². The minimum absolute atomic E-state index is 0.125. The van der Waals surface area contributed by atoms with Gasteiger partial charge in [0.2, 0.25) is 0 Å². The lowest BCUT2D eigenvalue weighted by atomic mass is 10.0. The number of halogens is 1. The predicted molar refractivity (Wildman–Crippen MR) is 109 cm³/mol. The van der Waals surface area contributed by atoms with E-state index >= 15 is 0 Å². The van der Waals surface area contributed by atoms with Gasteiger partial charge in [0, 0.05) is 25.3 Å². The number of benzene rings is 1. The van der Waals surface area contributed by atoms with Crippen LogP contribution in [0.4, 0.5) is 0 Å². The molecule has 0 aliphatic heterocycles. The van der Waals surface area contributed by atoms with Crippen molar-refractivity contribution in [1.29, 1.82) is 0 Å². The fourth-order valence-electron chi connectivity index (χ4n) is 2.84. The second kappa shape index (κ2) is 8.39. The van der Waals surface area contributed by atoms with Gasteiger partial charge in [0.05, 0.1) is 17.9 Å². The highest BCUT2D eigenvalue weighted by atomic mass is 35.5. The van der Waals surface area contributed by atoms with Gasteiger partial charge in [0.15, 0.2) is 11.3 Å². The molecule has 3 rings (SSSR count). The Morgan fingerprint density at radius 2 is 1.93 bits per heavy atom. The summed E-state index contributed by atoms with van der Waals surface area (Å²) in [5.41, 5.74) is 3.90. The Morgan fingerprint density at radius 1 is 1.21 bits per heavy atom. The van der Waals surface area contributed by atoms with Gasteiger partial charge in [-0.2, -0.15) is 5.10 Å². The summed E-state index contributed by atoms with van der Waals surface area (Å²) in [5, 5.41) is 13.9. The molecule has 3 aromatic rings. The maximum atomic E-state index is 12.4. The molecule has 0 atom stereocenters. The van der Waals surface area contributed by atoms with Gasteiger partial charge in [-0.3, -0.25) is 0 Å². The van der Waals surface area contributed by atoms with Crippen LogP contribution in [0.2, 0.25) is 5.02 Å². The molecule has 8 heteroatoms. The van der Waals surface area contributed by atoms with E-state index in [1.54, 1.807) is 17.5 Å². The molecule has 0 N–H and O–H groups in total. The van der Waals surface area contributed by atoms with Crippen LogP contribution >= 0.6 is 11.6 Å². The van der Waals surface area contributed by atoms with E-state index in [2.05, 4.69) is 10.2 Å². The Hall–Kier alpha value is -2.93. The molecule has 0 spiro atoms. The van der Waals surface area contributed by atoms with Crippen LogP contribution in [0.5, 0.6) is 0 Å². The number of ether oxygens (including phenoxy) is 1. The zero-order valence-electron chi connectivity index (χ0n) is 16.3. The van der Waals surface area contributed by atoms with Crippen LogP contribution in [0.1, 0.15) is 35.7 Å². The molecule has 2 heterocycles. The minimum atomic E-state index is -0.531. The molecule has 1 aromatic carbocycles. The third kappa shape index (κ3) is 3.84. The normalized spacial score (nSPS) is 11.3. The molecule has 0 amide bonds. The topological polar surface area (TPSA) is 72.6 Å². The second-order valence-electron chi connectivity index (χ2n) is 6.35. The number of fused-ring (bicyclic) bond motifs is 1. The average Bonchev–Trinajstić information content (AvgIpc) is 3.05. The van der Waals surface area contributed by atoms with Crippen molar-refractivity contribution in [2.24, 2.45) is 0 Å². The van der Waals surface area contributed by atoms with E-state index in [0.29, 0.717) is 22.8 Å². The Balaban J connectivity index is 2.29. The standard InChI is InChI=1S/C20H22ClN5O2/c1-5-15-17(13-7-9-14(21)10-8-13)19-23-22-18(20(27)28-6-2)16(26(19)24-15)11-12-25(3)4/h7-12H,5-6H2,1-4H3. The second-order valence-corrected chi connectivity index (χ2v) is 6.79. The lowest BCUT2D eigenvalue weighted by molar-refractivity contribution is 0.0517. The average molecular weight is 400 g/mol. The van der Waals surface area contributed by atoms with Gasteiger partial charge in [-0.15, -0.1) is 10.2 Å². The summed E-state index contributed by atoms with van der Waals surface area (Å²) < 4.78 is 6.80. The van der Waals surface area contributed by atoms with E-state index in [-0.39, 0.29) is 12.3 Å². The highest BCUT2D eigenvalue weighted by Crippen LogP contribution is 2.30. The zero-order valence-corrected chi connectivity index (χ0v) is 17.1. The van der Waals surface area contributed by atoms with Gasteiger partial charge < -0.3 is 9.64 Å². The first-order valence-electron chi connectivity index (χ1n) is 9.02. The number of rotatable bonds is 6. The Morgan fingerprint density at radius 3 is 2.54 bits per heavy atom. The van der Waals surface area contributed by atoms with Crippen LogP contribution in [-0.4, -0.2) is 51.4 Å². The van der Waals surface area contributed by atoms with Crippen molar-refractivity contribution >= 4 is 29.3 Å². The molecule has 0 unspecified atom stereocenters. The molecule has 0 aliphatic carbocycles. The number of carbonyl (C=O) groups is 1. The number of hydrogen-bond acceptors (Lipinski definition) is 6. The summed E-state index contributed by atoms with van der Waals surface area (Å²) in [6, 6.07) is 7.50. The van der Waals surface area contributed by atoms with E-state index in [0.717, 1.165) is 16.8 Å². The maximum Gasteiger partial charge on any atom is 0.361 e. The quantitative estimate of drug-likeness (QED) is 0.588. The molecule has 0 saturated heterocycles. The van der Waals surface area contributed by atoms with Crippen LogP contribution in [0.25, 0.3) is 22.9 Å². The van der Waals surface area contributed by atoms with Crippen molar-refractivity contribution in [3.05, 3.63) is 52.6 Å². The monoisotopic (exact) mass is 399 g/mol. The van der Waals surface area contributed by atoms with Crippen LogP contribution in [0, 0.1) is 0 Å². The number of hydrogen-bond donors (Lipinski definition) is 0. The van der Waals surface area contributed by atoms with Crippen molar-refractivity contribution in [3.8, 4) is 11.1 Å². The highest BCUT2D eigenvalue weighted by molar-refractivity contribution is 6.30. The van der Waals surface area contributed by atoms with Crippen molar-refractivity contribution in [3.63, 3.8) is 0 Å². The Bertz CT molecular complexity index is 1030. The molecule has 28 heavy (non-hydrogen) atoms. The third-order valence-corrected chi connectivity index (χ3v) is 4.37. The molecule has 0 radical (unpaired) electrons. The summed E-state index contributed by atoms with van der Waals surface area (Å²) in [6.45, 7) is 4.03. The highest BCUT2D eigenvalue weighted by Gasteiger charge is 2.22. The summed E-state index contributed by atoms with van der Waals surface area (Å²) in [6.07, 6.45) is 4.31. The first-order chi connectivity index (χ1) is 13.5. The van der Waals surface area contributed by atoms with Crippen molar-refractivity contribution in [2.45, 2.75) is 20.3 Å². The van der Waals surface area contributed by atoms with Gasteiger partial charge >= 0.3 is 5.97 Å². The van der Waals surface area contributed by atoms with Crippen molar-refractivity contribution in [2.75, 3.05) is 20.7 Å². The van der Waals surface area contributed by atoms with Gasteiger partial charge in [0.25, 0.3) is 0 Å². The molecule has 0 aliphatic rings. The summed E-state index contributed by atoms with van der Waals surface area (Å²) in [5.74, 6) is -0.531. The van der Waals surface area contributed by atoms with E-state index < -0.39 is 5.97 Å². The van der Waals surface area contributed by atoms with Crippen LogP contribution in [-0.2, 0) is 11.2 Å². The van der Waals surface area contributed by atoms with Crippen LogP contribution in [0.3, 0.4) is 0 Å². The molecule has 7 nitrogen and oxygen atoms in total. The largest absolute Gasteiger partial charge is 0.461 e.